The number of halogens is 1. The maximum atomic E-state index is 5.65. The zero-order valence-corrected chi connectivity index (χ0v) is 13.2. The minimum Gasteiger partial charge on any atom is -0.490 e. The average Bonchev–Trinajstić information content (AvgIpc) is 2.40. The molecule has 0 radical (unpaired) electrons. The molecule has 0 amide bonds. The minimum absolute atomic E-state index is 0.553. The fourth-order valence-corrected chi connectivity index (χ4v) is 2.13. The highest BCUT2D eigenvalue weighted by atomic mass is 79.9. The lowest BCUT2D eigenvalue weighted by atomic mass is 10.2. The van der Waals surface area contributed by atoms with E-state index in [1.54, 1.807) is 7.11 Å². The highest BCUT2D eigenvalue weighted by molar-refractivity contribution is 9.10. The molecule has 108 valence electrons. The summed E-state index contributed by atoms with van der Waals surface area (Å²) in [6.07, 6.45) is 0.916. The van der Waals surface area contributed by atoms with Crippen molar-refractivity contribution in [2.45, 2.75) is 13.0 Å². The van der Waals surface area contributed by atoms with Gasteiger partial charge in [-0.15, -0.1) is 0 Å². The first-order valence-electron chi connectivity index (χ1n) is 6.40. The number of benzene rings is 1. The van der Waals surface area contributed by atoms with Crippen LogP contribution in [0, 0.1) is 0 Å². The molecule has 0 heterocycles. The van der Waals surface area contributed by atoms with Crippen molar-refractivity contribution in [3.8, 4) is 5.75 Å². The molecule has 0 aliphatic carbocycles. The molecule has 0 aliphatic heterocycles. The van der Waals surface area contributed by atoms with Crippen LogP contribution in [0.4, 0.5) is 0 Å². The number of hydrogen-bond donors (Lipinski definition) is 1. The number of nitrogens with one attached hydrogen (secondary N) is 1. The van der Waals surface area contributed by atoms with Crippen LogP contribution in [-0.4, -0.2) is 40.6 Å². The van der Waals surface area contributed by atoms with Crippen LogP contribution in [0.25, 0.3) is 0 Å². The van der Waals surface area contributed by atoms with Crippen molar-refractivity contribution >= 4 is 15.9 Å². The van der Waals surface area contributed by atoms with Crippen molar-refractivity contribution in [1.29, 1.82) is 0 Å². The molecule has 0 saturated heterocycles. The van der Waals surface area contributed by atoms with E-state index in [1.807, 2.05) is 13.1 Å². The largest absolute Gasteiger partial charge is 0.490 e. The SMILES string of the molecule is CNCc1ccc(OCCOCCCOC)c(Br)c1. The van der Waals surface area contributed by atoms with Gasteiger partial charge < -0.3 is 19.5 Å². The smallest absolute Gasteiger partial charge is 0.133 e. The lowest BCUT2D eigenvalue weighted by molar-refractivity contribution is 0.0805. The van der Waals surface area contributed by atoms with Gasteiger partial charge in [-0.25, -0.2) is 0 Å². The van der Waals surface area contributed by atoms with Gasteiger partial charge in [0.05, 0.1) is 11.1 Å². The molecule has 0 unspecified atom stereocenters. The minimum atomic E-state index is 0.553. The first kappa shape index (κ1) is 16.4. The molecule has 0 fully saturated rings. The fourth-order valence-electron chi connectivity index (χ4n) is 1.59. The van der Waals surface area contributed by atoms with E-state index in [9.17, 15) is 0 Å². The van der Waals surface area contributed by atoms with Crippen molar-refractivity contribution in [3.63, 3.8) is 0 Å². The first-order valence-corrected chi connectivity index (χ1v) is 7.19. The van der Waals surface area contributed by atoms with E-state index in [4.69, 9.17) is 14.2 Å². The quantitative estimate of drug-likeness (QED) is 0.669. The van der Waals surface area contributed by atoms with Gasteiger partial charge in [0.1, 0.15) is 12.4 Å². The van der Waals surface area contributed by atoms with Crippen LogP contribution >= 0.6 is 15.9 Å². The molecule has 1 rings (SSSR count). The Bertz CT molecular complexity index is 361. The molecule has 0 atom stereocenters. The second-order valence-corrected chi connectivity index (χ2v) is 4.96. The number of methoxy groups -OCH3 is 1. The Balaban J connectivity index is 2.22. The molecule has 1 aromatic rings. The highest BCUT2D eigenvalue weighted by Gasteiger charge is 2.02. The zero-order chi connectivity index (χ0) is 13.9. The molecule has 19 heavy (non-hydrogen) atoms. The lowest BCUT2D eigenvalue weighted by Gasteiger charge is -2.10. The molecule has 0 spiro atoms. The second kappa shape index (κ2) is 10.2. The maximum absolute atomic E-state index is 5.65. The van der Waals surface area contributed by atoms with Gasteiger partial charge in [-0.05, 0) is 47.1 Å². The number of rotatable bonds is 10. The molecular formula is C14H22BrNO3. The molecule has 1 aromatic carbocycles. The van der Waals surface area contributed by atoms with E-state index in [1.165, 1.54) is 5.56 Å². The normalized spacial score (nSPS) is 10.7. The topological polar surface area (TPSA) is 39.7 Å². The Morgan fingerprint density at radius 2 is 2.00 bits per heavy atom. The highest BCUT2D eigenvalue weighted by Crippen LogP contribution is 2.25. The van der Waals surface area contributed by atoms with Crippen molar-refractivity contribution < 1.29 is 14.2 Å². The summed E-state index contributed by atoms with van der Waals surface area (Å²) in [5, 5.41) is 3.12. The van der Waals surface area contributed by atoms with E-state index in [2.05, 4.69) is 33.4 Å². The van der Waals surface area contributed by atoms with Crippen molar-refractivity contribution in [2.24, 2.45) is 0 Å². The van der Waals surface area contributed by atoms with E-state index in [0.29, 0.717) is 19.8 Å². The summed E-state index contributed by atoms with van der Waals surface area (Å²) < 4.78 is 17.0. The molecule has 0 saturated carbocycles. The third-order valence-corrected chi connectivity index (χ3v) is 3.12. The molecule has 0 aromatic heterocycles. The summed E-state index contributed by atoms with van der Waals surface area (Å²) >= 11 is 3.51. The monoisotopic (exact) mass is 331 g/mol. The van der Waals surface area contributed by atoms with Gasteiger partial charge in [-0.1, -0.05) is 6.07 Å². The molecule has 0 aliphatic rings. The van der Waals surface area contributed by atoms with Crippen molar-refractivity contribution in [2.75, 3.05) is 40.6 Å². The van der Waals surface area contributed by atoms with Crippen LogP contribution in [0.1, 0.15) is 12.0 Å². The molecule has 5 heteroatoms. The molecule has 0 bridgehead atoms. The summed E-state index contributed by atoms with van der Waals surface area (Å²) in [5.41, 5.74) is 1.22. The standard InChI is InChI=1S/C14H22BrNO3/c1-16-11-12-4-5-14(13(15)10-12)19-9-8-18-7-3-6-17-2/h4-5,10,16H,3,6-9,11H2,1-2H3. The molecule has 1 N–H and O–H groups in total. The van der Waals surface area contributed by atoms with Gasteiger partial charge in [0.15, 0.2) is 0 Å². The summed E-state index contributed by atoms with van der Waals surface area (Å²) in [5.74, 6) is 0.848. The second-order valence-electron chi connectivity index (χ2n) is 4.10. The first-order chi connectivity index (χ1) is 9.27. The third kappa shape index (κ3) is 6.92. The van der Waals surface area contributed by atoms with Crippen LogP contribution in [0.5, 0.6) is 5.75 Å². The molecule has 4 nitrogen and oxygen atoms in total. The van der Waals surface area contributed by atoms with Gasteiger partial charge in [0, 0.05) is 26.9 Å². The van der Waals surface area contributed by atoms with Crippen molar-refractivity contribution in [1.82, 2.24) is 5.32 Å². The van der Waals surface area contributed by atoms with Crippen LogP contribution in [0.3, 0.4) is 0 Å². The summed E-state index contributed by atoms with van der Waals surface area (Å²) in [4.78, 5) is 0. The Hall–Kier alpha value is -0.620. The van der Waals surface area contributed by atoms with Crippen LogP contribution < -0.4 is 10.1 Å². The summed E-state index contributed by atoms with van der Waals surface area (Å²) in [6.45, 7) is 3.44. The Labute approximate surface area is 123 Å². The van der Waals surface area contributed by atoms with E-state index >= 15 is 0 Å². The van der Waals surface area contributed by atoms with Gasteiger partial charge in [-0.2, -0.15) is 0 Å². The van der Waals surface area contributed by atoms with Crippen LogP contribution in [0.2, 0.25) is 0 Å². The lowest BCUT2D eigenvalue weighted by Crippen LogP contribution is -2.09. The summed E-state index contributed by atoms with van der Waals surface area (Å²) in [6, 6.07) is 6.09. The predicted octanol–water partition coefficient (Wildman–Crippen LogP) is 2.60. The van der Waals surface area contributed by atoms with Gasteiger partial charge in [0.25, 0.3) is 0 Å². The van der Waals surface area contributed by atoms with Gasteiger partial charge in [-0.3, -0.25) is 0 Å². The predicted molar refractivity (Wildman–Crippen MR) is 79.7 cm³/mol. The molecular weight excluding hydrogens is 310 g/mol. The van der Waals surface area contributed by atoms with E-state index < -0.39 is 0 Å². The Kier molecular flexibility index (Phi) is 8.82. The average molecular weight is 332 g/mol. The number of ether oxygens (including phenoxy) is 3. The maximum Gasteiger partial charge on any atom is 0.133 e. The Morgan fingerprint density at radius 1 is 1.16 bits per heavy atom. The fraction of sp³-hybridized carbons (Fsp3) is 0.571. The van der Waals surface area contributed by atoms with Gasteiger partial charge >= 0.3 is 0 Å². The van der Waals surface area contributed by atoms with Crippen LogP contribution in [-0.2, 0) is 16.0 Å². The Morgan fingerprint density at radius 3 is 2.68 bits per heavy atom. The van der Waals surface area contributed by atoms with Crippen molar-refractivity contribution in [3.05, 3.63) is 28.2 Å². The summed E-state index contributed by atoms with van der Waals surface area (Å²) in [7, 11) is 3.62. The zero-order valence-electron chi connectivity index (χ0n) is 11.6. The third-order valence-electron chi connectivity index (χ3n) is 2.50. The van der Waals surface area contributed by atoms with Crippen LogP contribution in [0.15, 0.2) is 22.7 Å². The van der Waals surface area contributed by atoms with Gasteiger partial charge in [0.2, 0.25) is 0 Å². The van der Waals surface area contributed by atoms with E-state index in [-0.39, 0.29) is 0 Å². The van der Waals surface area contributed by atoms with E-state index in [0.717, 1.165) is 29.8 Å². The number of hydrogen-bond acceptors (Lipinski definition) is 4.